The van der Waals surface area contributed by atoms with Gasteiger partial charge in [0.05, 0.1) is 0 Å². The molecule has 100 valence electrons. The second-order valence-electron chi connectivity index (χ2n) is 6.49. The third-order valence-corrected chi connectivity index (χ3v) is 3.81. The summed E-state index contributed by atoms with van der Waals surface area (Å²) in [5, 5.41) is 3.21. The molecule has 0 aromatic rings. The molecule has 0 radical (unpaired) electrons. The first-order valence-electron chi connectivity index (χ1n) is 6.88. The first-order chi connectivity index (χ1) is 7.86. The fraction of sp³-hybridized carbons (Fsp3) is 0.929. The van der Waals surface area contributed by atoms with Crippen molar-refractivity contribution in [1.82, 2.24) is 5.32 Å². The van der Waals surface area contributed by atoms with Crippen molar-refractivity contribution in [3.05, 3.63) is 0 Å². The van der Waals surface area contributed by atoms with E-state index in [0.717, 1.165) is 19.3 Å². The van der Waals surface area contributed by atoms with Gasteiger partial charge in [0.2, 0.25) is 5.91 Å². The van der Waals surface area contributed by atoms with E-state index in [1.54, 1.807) is 0 Å². The van der Waals surface area contributed by atoms with E-state index in [-0.39, 0.29) is 11.3 Å². The van der Waals surface area contributed by atoms with Crippen LogP contribution in [0.25, 0.3) is 0 Å². The smallest absolute Gasteiger partial charge is 0.225 e. The highest BCUT2D eigenvalue weighted by molar-refractivity contribution is 5.82. The Labute approximate surface area is 106 Å². The first-order valence-corrected chi connectivity index (χ1v) is 6.88. The third-order valence-electron chi connectivity index (χ3n) is 3.81. The molecule has 3 nitrogen and oxygen atoms in total. The van der Waals surface area contributed by atoms with Crippen molar-refractivity contribution in [1.29, 1.82) is 0 Å². The minimum absolute atomic E-state index is 0.191. The molecule has 3 N–H and O–H groups in total. The van der Waals surface area contributed by atoms with Crippen LogP contribution in [-0.2, 0) is 4.79 Å². The van der Waals surface area contributed by atoms with Gasteiger partial charge in [-0.3, -0.25) is 4.79 Å². The van der Waals surface area contributed by atoms with Gasteiger partial charge < -0.3 is 11.1 Å². The summed E-state index contributed by atoms with van der Waals surface area (Å²) in [6.45, 7) is 9.08. The molecule has 0 spiro atoms. The topological polar surface area (TPSA) is 55.1 Å². The zero-order valence-electron chi connectivity index (χ0n) is 11.8. The van der Waals surface area contributed by atoms with E-state index in [1.807, 2.05) is 13.8 Å². The van der Waals surface area contributed by atoms with Crippen LogP contribution in [0.15, 0.2) is 0 Å². The number of carbonyl (C=O) groups excluding carboxylic acids is 1. The van der Waals surface area contributed by atoms with Gasteiger partial charge in [-0.2, -0.15) is 0 Å². The van der Waals surface area contributed by atoms with Gasteiger partial charge in [0, 0.05) is 11.5 Å². The van der Waals surface area contributed by atoms with Crippen molar-refractivity contribution in [2.45, 2.75) is 59.4 Å². The van der Waals surface area contributed by atoms with Gasteiger partial charge >= 0.3 is 0 Å². The van der Waals surface area contributed by atoms with Crippen LogP contribution in [0.4, 0.5) is 0 Å². The molecule has 1 aliphatic carbocycles. The lowest BCUT2D eigenvalue weighted by atomic mass is 9.82. The Hall–Kier alpha value is -0.570. The maximum Gasteiger partial charge on any atom is 0.225 e. The van der Waals surface area contributed by atoms with Crippen LogP contribution in [0.1, 0.15) is 53.4 Å². The molecule has 0 aromatic heterocycles. The van der Waals surface area contributed by atoms with Crippen LogP contribution < -0.4 is 11.1 Å². The molecule has 1 aliphatic rings. The van der Waals surface area contributed by atoms with Crippen LogP contribution in [0.2, 0.25) is 0 Å². The molecule has 2 unspecified atom stereocenters. The quantitative estimate of drug-likeness (QED) is 0.774. The minimum Gasteiger partial charge on any atom is -0.353 e. The summed E-state index contributed by atoms with van der Waals surface area (Å²) in [5.41, 5.74) is 5.47. The number of hydrogen-bond acceptors (Lipinski definition) is 2. The molecule has 0 bridgehead atoms. The molecular formula is C14H28N2O. The molecule has 0 aromatic carbocycles. The monoisotopic (exact) mass is 240 g/mol. The number of carbonyl (C=O) groups is 1. The van der Waals surface area contributed by atoms with Crippen LogP contribution in [0, 0.1) is 17.3 Å². The number of nitrogens with one attached hydrogen (secondary N) is 1. The number of rotatable bonds is 5. The molecular weight excluding hydrogens is 212 g/mol. The lowest BCUT2D eigenvalue weighted by molar-refractivity contribution is -0.131. The lowest BCUT2D eigenvalue weighted by Crippen LogP contribution is -2.46. The Kier molecular flexibility index (Phi) is 4.99. The minimum atomic E-state index is -0.268. The normalized spacial score (nSPS) is 25.3. The van der Waals surface area contributed by atoms with Gasteiger partial charge in [-0.1, -0.05) is 34.1 Å². The van der Waals surface area contributed by atoms with Crippen LogP contribution in [0.3, 0.4) is 0 Å². The zero-order chi connectivity index (χ0) is 13.1. The average molecular weight is 240 g/mol. The Bertz CT molecular complexity index is 261. The predicted molar refractivity (Wildman–Crippen MR) is 71.6 cm³/mol. The molecule has 17 heavy (non-hydrogen) atoms. The van der Waals surface area contributed by atoms with E-state index in [1.165, 1.54) is 6.42 Å². The second-order valence-corrected chi connectivity index (χ2v) is 6.49. The third kappa shape index (κ3) is 3.98. The van der Waals surface area contributed by atoms with E-state index in [2.05, 4.69) is 19.2 Å². The summed E-state index contributed by atoms with van der Waals surface area (Å²) < 4.78 is 0. The number of nitrogens with two attached hydrogens (primary N) is 1. The molecule has 0 aliphatic heterocycles. The van der Waals surface area contributed by atoms with E-state index < -0.39 is 0 Å². The van der Waals surface area contributed by atoms with Gasteiger partial charge in [0.15, 0.2) is 0 Å². The Morgan fingerprint density at radius 3 is 2.59 bits per heavy atom. The molecule has 2 atom stereocenters. The van der Waals surface area contributed by atoms with Crippen molar-refractivity contribution in [3.8, 4) is 0 Å². The van der Waals surface area contributed by atoms with Crippen molar-refractivity contribution >= 4 is 5.91 Å². The van der Waals surface area contributed by atoms with Crippen molar-refractivity contribution in [2.24, 2.45) is 23.0 Å². The summed E-state index contributed by atoms with van der Waals surface area (Å²) in [5.74, 6) is 1.22. The average Bonchev–Trinajstić information content (AvgIpc) is 2.63. The molecule has 1 rings (SSSR count). The highest BCUT2D eigenvalue weighted by Crippen LogP contribution is 2.29. The van der Waals surface area contributed by atoms with Gasteiger partial charge in [0.25, 0.3) is 0 Å². The summed E-state index contributed by atoms with van der Waals surface area (Å²) in [7, 11) is 0. The van der Waals surface area contributed by atoms with Gasteiger partial charge in [-0.05, 0) is 37.6 Å². The fourth-order valence-corrected chi connectivity index (χ4v) is 2.99. The molecule has 1 saturated carbocycles. The lowest BCUT2D eigenvalue weighted by Gasteiger charge is -2.29. The molecule has 0 saturated heterocycles. The van der Waals surface area contributed by atoms with Gasteiger partial charge in [-0.25, -0.2) is 0 Å². The van der Waals surface area contributed by atoms with Gasteiger partial charge in [0.1, 0.15) is 0 Å². The highest BCUT2D eigenvalue weighted by Gasteiger charge is 2.33. The van der Waals surface area contributed by atoms with Crippen LogP contribution in [-0.4, -0.2) is 18.5 Å². The standard InChI is InChI=1S/C14H28N2O/c1-10(2)8-14(3,4)13(17)16-12-7-5-6-11(12)9-15/h10-12H,5-9,15H2,1-4H3,(H,16,17). The summed E-state index contributed by atoms with van der Waals surface area (Å²) in [4.78, 5) is 12.3. The van der Waals surface area contributed by atoms with E-state index in [0.29, 0.717) is 24.4 Å². The second kappa shape index (κ2) is 5.85. The van der Waals surface area contributed by atoms with Crippen molar-refractivity contribution in [3.63, 3.8) is 0 Å². The maximum atomic E-state index is 12.3. The summed E-state index contributed by atoms with van der Waals surface area (Å²) in [6, 6.07) is 0.305. The van der Waals surface area contributed by atoms with Crippen LogP contribution in [0.5, 0.6) is 0 Å². The van der Waals surface area contributed by atoms with Gasteiger partial charge in [-0.15, -0.1) is 0 Å². The largest absolute Gasteiger partial charge is 0.353 e. The Balaban J connectivity index is 2.53. The Morgan fingerprint density at radius 1 is 1.41 bits per heavy atom. The van der Waals surface area contributed by atoms with E-state index in [9.17, 15) is 4.79 Å². The molecule has 3 heteroatoms. The molecule has 0 heterocycles. The first kappa shape index (κ1) is 14.5. The summed E-state index contributed by atoms with van der Waals surface area (Å²) in [6.07, 6.45) is 4.37. The van der Waals surface area contributed by atoms with Crippen molar-refractivity contribution in [2.75, 3.05) is 6.54 Å². The number of hydrogen-bond donors (Lipinski definition) is 2. The Morgan fingerprint density at radius 2 is 2.06 bits per heavy atom. The highest BCUT2D eigenvalue weighted by atomic mass is 16.2. The fourth-order valence-electron chi connectivity index (χ4n) is 2.99. The predicted octanol–water partition coefficient (Wildman–Crippen LogP) is 2.30. The SMILES string of the molecule is CC(C)CC(C)(C)C(=O)NC1CCCC1CN. The van der Waals surface area contributed by atoms with E-state index in [4.69, 9.17) is 5.73 Å². The van der Waals surface area contributed by atoms with Crippen molar-refractivity contribution < 1.29 is 4.79 Å². The molecule has 1 amide bonds. The summed E-state index contributed by atoms with van der Waals surface area (Å²) >= 11 is 0. The zero-order valence-corrected chi connectivity index (χ0v) is 11.8. The number of amides is 1. The molecule has 1 fully saturated rings. The van der Waals surface area contributed by atoms with E-state index >= 15 is 0 Å². The maximum absolute atomic E-state index is 12.3. The van der Waals surface area contributed by atoms with Crippen LogP contribution >= 0.6 is 0 Å².